The van der Waals surface area contributed by atoms with Gasteiger partial charge in [0.1, 0.15) is 5.69 Å². The minimum absolute atomic E-state index is 0.139. The summed E-state index contributed by atoms with van der Waals surface area (Å²) in [6.07, 6.45) is -0.340. The summed E-state index contributed by atoms with van der Waals surface area (Å²) >= 11 is 2.93. The maximum atomic E-state index is 13.4. The number of carbonyl (C=O) groups excluding carboxylic acids is 2. The molecule has 1 N–H and O–H groups in total. The molecule has 7 heteroatoms. The molecule has 0 atom stereocenters. The lowest BCUT2D eigenvalue weighted by atomic mass is 10.2. The summed E-state index contributed by atoms with van der Waals surface area (Å²) in [5, 5.41) is 2.09. The third-order valence-corrected chi connectivity index (χ3v) is 2.59. The number of nitrogens with one attached hydrogen (secondary N) is 1. The van der Waals surface area contributed by atoms with E-state index in [1.54, 1.807) is 6.92 Å². The van der Waals surface area contributed by atoms with E-state index in [-0.39, 0.29) is 23.9 Å². The van der Waals surface area contributed by atoms with E-state index >= 15 is 0 Å². The maximum absolute atomic E-state index is 13.4. The van der Waals surface area contributed by atoms with Crippen LogP contribution >= 0.6 is 15.9 Å². The van der Waals surface area contributed by atoms with E-state index in [1.807, 2.05) is 0 Å². The van der Waals surface area contributed by atoms with Gasteiger partial charge in [0.25, 0.3) is 0 Å². The van der Waals surface area contributed by atoms with Crippen molar-refractivity contribution in [3.63, 3.8) is 0 Å². The molecule has 0 bridgehead atoms. The minimum Gasteiger partial charge on any atom is -0.466 e. The number of halogens is 3. The molecule has 0 aromatic heterocycles. The zero-order chi connectivity index (χ0) is 14.4. The molecule has 0 radical (unpaired) electrons. The van der Waals surface area contributed by atoms with Gasteiger partial charge < -0.3 is 10.1 Å². The standard InChI is InChI=1S/C12H12BrF2NO3/c1-2-19-11(18)4-3-10(17)16-12-8(14)5-7(13)6-9(12)15/h5-6H,2-4H2,1H3,(H,16,17). The number of benzene rings is 1. The lowest BCUT2D eigenvalue weighted by Gasteiger charge is -2.08. The van der Waals surface area contributed by atoms with Crippen LogP contribution in [0.4, 0.5) is 14.5 Å². The number of rotatable bonds is 5. The van der Waals surface area contributed by atoms with Crippen LogP contribution in [0.15, 0.2) is 16.6 Å². The summed E-state index contributed by atoms with van der Waals surface area (Å²) in [6, 6.07) is 2.06. The van der Waals surface area contributed by atoms with E-state index in [2.05, 4.69) is 26.0 Å². The van der Waals surface area contributed by atoms with Gasteiger partial charge in [0.05, 0.1) is 13.0 Å². The first-order valence-corrected chi connectivity index (χ1v) is 6.33. The molecule has 1 aromatic carbocycles. The average Bonchev–Trinajstić information content (AvgIpc) is 2.31. The molecule has 0 aliphatic carbocycles. The number of esters is 1. The predicted octanol–water partition coefficient (Wildman–Crippen LogP) is 3.01. The van der Waals surface area contributed by atoms with Crippen LogP contribution in [0.2, 0.25) is 0 Å². The summed E-state index contributed by atoms with van der Waals surface area (Å²) in [4.78, 5) is 22.5. The fraction of sp³-hybridized carbons (Fsp3) is 0.333. The lowest BCUT2D eigenvalue weighted by Crippen LogP contribution is -2.16. The molecule has 0 saturated carbocycles. The second kappa shape index (κ2) is 7.18. The van der Waals surface area contributed by atoms with Gasteiger partial charge in [0.15, 0.2) is 11.6 Å². The third kappa shape index (κ3) is 4.94. The van der Waals surface area contributed by atoms with Crippen LogP contribution in [0, 0.1) is 11.6 Å². The van der Waals surface area contributed by atoms with E-state index in [9.17, 15) is 18.4 Å². The first kappa shape index (κ1) is 15.6. The molecule has 0 fully saturated rings. The number of anilines is 1. The van der Waals surface area contributed by atoms with Gasteiger partial charge in [-0.2, -0.15) is 0 Å². The zero-order valence-corrected chi connectivity index (χ0v) is 11.7. The smallest absolute Gasteiger partial charge is 0.306 e. The van der Waals surface area contributed by atoms with Crippen molar-refractivity contribution in [2.45, 2.75) is 19.8 Å². The van der Waals surface area contributed by atoms with Crippen molar-refractivity contribution < 1.29 is 23.1 Å². The number of amides is 1. The molecule has 0 spiro atoms. The normalized spacial score (nSPS) is 10.1. The van der Waals surface area contributed by atoms with Gasteiger partial charge in [0, 0.05) is 10.9 Å². The van der Waals surface area contributed by atoms with Crippen molar-refractivity contribution >= 4 is 33.5 Å². The van der Waals surface area contributed by atoms with Crippen LogP contribution in [0.3, 0.4) is 0 Å². The van der Waals surface area contributed by atoms with Crippen LogP contribution in [-0.2, 0) is 14.3 Å². The fourth-order valence-corrected chi connectivity index (χ4v) is 1.71. The molecule has 0 aliphatic rings. The number of hydrogen-bond donors (Lipinski definition) is 1. The zero-order valence-electron chi connectivity index (χ0n) is 10.1. The van der Waals surface area contributed by atoms with E-state index in [1.165, 1.54) is 0 Å². The Hall–Kier alpha value is -1.50. The van der Waals surface area contributed by atoms with Crippen LogP contribution in [0.5, 0.6) is 0 Å². The molecular formula is C12H12BrF2NO3. The Kier molecular flexibility index (Phi) is 5.88. The molecular weight excluding hydrogens is 324 g/mol. The van der Waals surface area contributed by atoms with Crippen LogP contribution in [-0.4, -0.2) is 18.5 Å². The lowest BCUT2D eigenvalue weighted by molar-refractivity contribution is -0.144. The number of ether oxygens (including phenoxy) is 1. The Bertz CT molecular complexity index is 471. The van der Waals surface area contributed by atoms with Crippen LogP contribution < -0.4 is 5.32 Å². The summed E-state index contributed by atoms with van der Waals surface area (Å²) in [5.41, 5.74) is -0.531. The highest BCUT2D eigenvalue weighted by molar-refractivity contribution is 9.10. The van der Waals surface area contributed by atoms with Crippen molar-refractivity contribution in [3.8, 4) is 0 Å². The van der Waals surface area contributed by atoms with Crippen LogP contribution in [0.1, 0.15) is 19.8 Å². The molecule has 104 valence electrons. The molecule has 0 saturated heterocycles. The van der Waals surface area contributed by atoms with Crippen molar-refractivity contribution in [1.29, 1.82) is 0 Å². The van der Waals surface area contributed by atoms with Crippen molar-refractivity contribution in [3.05, 3.63) is 28.2 Å². The second-order valence-corrected chi connectivity index (χ2v) is 4.51. The largest absolute Gasteiger partial charge is 0.466 e. The SMILES string of the molecule is CCOC(=O)CCC(=O)Nc1c(F)cc(Br)cc1F. The number of carbonyl (C=O) groups is 2. The van der Waals surface area contributed by atoms with Gasteiger partial charge in [-0.25, -0.2) is 8.78 Å². The Morgan fingerprint density at radius 1 is 1.26 bits per heavy atom. The van der Waals surface area contributed by atoms with Gasteiger partial charge in [-0.05, 0) is 19.1 Å². The van der Waals surface area contributed by atoms with Crippen molar-refractivity contribution in [2.24, 2.45) is 0 Å². The van der Waals surface area contributed by atoms with E-state index in [0.717, 1.165) is 12.1 Å². The van der Waals surface area contributed by atoms with Gasteiger partial charge >= 0.3 is 5.97 Å². The average molecular weight is 336 g/mol. The summed E-state index contributed by atoms with van der Waals surface area (Å²) in [5.74, 6) is -2.98. The highest BCUT2D eigenvalue weighted by Gasteiger charge is 2.14. The van der Waals surface area contributed by atoms with E-state index in [0.29, 0.717) is 0 Å². The molecule has 1 rings (SSSR count). The summed E-state index contributed by atoms with van der Waals surface area (Å²) in [7, 11) is 0. The first-order valence-electron chi connectivity index (χ1n) is 5.54. The monoisotopic (exact) mass is 335 g/mol. The quantitative estimate of drug-likeness (QED) is 0.841. The minimum atomic E-state index is -0.892. The topological polar surface area (TPSA) is 55.4 Å². The molecule has 19 heavy (non-hydrogen) atoms. The van der Waals surface area contributed by atoms with Gasteiger partial charge in [0.2, 0.25) is 5.91 Å². The number of hydrogen-bond acceptors (Lipinski definition) is 3. The second-order valence-electron chi connectivity index (χ2n) is 3.60. The van der Waals surface area contributed by atoms with Gasteiger partial charge in [-0.15, -0.1) is 0 Å². The molecule has 1 aromatic rings. The highest BCUT2D eigenvalue weighted by Crippen LogP contribution is 2.23. The van der Waals surface area contributed by atoms with Crippen molar-refractivity contribution in [1.82, 2.24) is 0 Å². The Labute approximate surface area is 117 Å². The third-order valence-electron chi connectivity index (χ3n) is 2.13. The predicted molar refractivity (Wildman–Crippen MR) is 68.6 cm³/mol. The first-order chi connectivity index (χ1) is 8.93. The molecule has 0 heterocycles. The van der Waals surface area contributed by atoms with Crippen molar-refractivity contribution in [2.75, 3.05) is 11.9 Å². The highest BCUT2D eigenvalue weighted by atomic mass is 79.9. The Morgan fingerprint density at radius 2 is 1.84 bits per heavy atom. The Balaban J connectivity index is 2.60. The maximum Gasteiger partial charge on any atom is 0.306 e. The van der Waals surface area contributed by atoms with Crippen LogP contribution in [0.25, 0.3) is 0 Å². The summed E-state index contributed by atoms with van der Waals surface area (Å²) < 4.78 is 31.7. The van der Waals surface area contributed by atoms with Gasteiger partial charge in [-0.1, -0.05) is 15.9 Å². The van der Waals surface area contributed by atoms with Gasteiger partial charge in [-0.3, -0.25) is 9.59 Å². The molecule has 0 unspecified atom stereocenters. The fourth-order valence-electron chi connectivity index (χ4n) is 1.31. The molecule has 4 nitrogen and oxygen atoms in total. The van der Waals surface area contributed by atoms with E-state index < -0.39 is 29.2 Å². The molecule has 1 amide bonds. The molecule has 0 aliphatic heterocycles. The Morgan fingerprint density at radius 3 is 2.37 bits per heavy atom. The van der Waals surface area contributed by atoms with E-state index in [4.69, 9.17) is 0 Å². The summed E-state index contributed by atoms with van der Waals surface area (Å²) in [6.45, 7) is 1.86.